The number of carbonyl (C=O) groups excluding carboxylic acids is 1. The average molecular weight is 591 g/mol. The minimum Gasteiger partial charge on any atom is -0.744 e. The molecule has 15 heteroatoms. The third-order valence-electron chi connectivity index (χ3n) is 5.33. The number of nitrogens with one attached hydrogen (secondary N) is 4. The Balaban J connectivity index is 0.00000294. The van der Waals surface area contributed by atoms with E-state index in [4.69, 9.17) is 5.73 Å². The molecule has 0 fully saturated rings. The van der Waals surface area contributed by atoms with E-state index in [1.165, 1.54) is 18.2 Å². The molecule has 0 bridgehead atoms. The second kappa shape index (κ2) is 15.3. The number of rotatable bonds is 9. The van der Waals surface area contributed by atoms with Crippen molar-refractivity contribution in [1.29, 1.82) is 0 Å². The number of aromatic nitrogens is 3. The Kier molecular flexibility index (Phi) is 12.7. The van der Waals surface area contributed by atoms with Crippen molar-refractivity contribution >= 4 is 63.1 Å². The van der Waals surface area contributed by atoms with E-state index in [1.54, 1.807) is 68.7 Å². The molecule has 41 heavy (non-hydrogen) atoms. The van der Waals surface area contributed by atoms with Gasteiger partial charge in [-0.25, -0.2) is 8.42 Å². The Labute approximate surface area is 282 Å². The predicted octanol–water partition coefficient (Wildman–Crippen LogP) is -2.78. The van der Waals surface area contributed by atoms with Crippen LogP contribution in [-0.2, 0) is 10.1 Å². The van der Waals surface area contributed by atoms with Crippen molar-refractivity contribution < 1.29 is 76.9 Å². The Morgan fingerprint density at radius 2 is 1.49 bits per heavy atom. The van der Waals surface area contributed by atoms with Crippen LogP contribution in [0.2, 0.25) is 0 Å². The number of anilines is 6. The molecule has 6 N–H and O–H groups in total. The van der Waals surface area contributed by atoms with E-state index in [-0.39, 0.29) is 94.1 Å². The van der Waals surface area contributed by atoms with Gasteiger partial charge in [-0.3, -0.25) is 4.79 Å². The SMILES string of the molecule is CNC(=O)c1ccc(Nc2nc(NC)nc(Nc3ccc(/C=C/c4[c-]cc(N)cc4)c(S(=O)(=O)[O-])c3)n2)cc1.[Na+].[Na+]. The summed E-state index contributed by atoms with van der Waals surface area (Å²) in [6, 6.07) is 18.9. The largest absolute Gasteiger partial charge is 1.00 e. The van der Waals surface area contributed by atoms with E-state index in [9.17, 15) is 17.8 Å². The minimum absolute atomic E-state index is 0. The topological polar surface area (TPSA) is 187 Å². The molecule has 4 rings (SSSR count). The third kappa shape index (κ3) is 9.51. The zero-order chi connectivity index (χ0) is 28.0. The second-order valence-corrected chi connectivity index (χ2v) is 9.43. The first-order valence-electron chi connectivity index (χ1n) is 11.5. The van der Waals surface area contributed by atoms with Crippen LogP contribution in [0.1, 0.15) is 21.5 Å². The van der Waals surface area contributed by atoms with Gasteiger partial charge in [0.2, 0.25) is 17.8 Å². The van der Waals surface area contributed by atoms with Gasteiger partial charge in [-0.2, -0.15) is 20.5 Å². The summed E-state index contributed by atoms with van der Waals surface area (Å²) in [5.41, 5.74) is 8.46. The maximum Gasteiger partial charge on any atom is 1.00 e. The summed E-state index contributed by atoms with van der Waals surface area (Å²) in [5, 5.41) is 11.3. The molecule has 1 amide bonds. The van der Waals surface area contributed by atoms with Crippen LogP contribution in [-0.4, -0.2) is 47.9 Å². The van der Waals surface area contributed by atoms with E-state index < -0.39 is 15.0 Å². The standard InChI is InChI=1S/C26H25N8O4S.2Na/c1-28-23(35)18-8-12-20(13-9-18)30-25-32-24(29-2)33-26(34-25)31-21-14-7-17(22(15-21)39(36,37)38)6-3-16-4-10-19(27)11-5-16;;/h3-4,6-15H,27H2,1-2H3,(H,28,35)(H,36,37,38)(H3,29,30,31,32,33,34);;/q-1;2*+1/p-1/b6-3+;;. The van der Waals surface area contributed by atoms with Crippen molar-refractivity contribution in [2.75, 3.05) is 35.8 Å². The van der Waals surface area contributed by atoms with E-state index in [0.29, 0.717) is 22.5 Å². The molecule has 0 saturated carbocycles. The Morgan fingerprint density at radius 1 is 0.878 bits per heavy atom. The fourth-order valence-corrected chi connectivity index (χ4v) is 4.10. The maximum absolute atomic E-state index is 12.0. The molecule has 3 aromatic carbocycles. The number of hydrogen-bond donors (Lipinski definition) is 5. The Hall–Kier alpha value is -3.01. The van der Waals surface area contributed by atoms with Crippen molar-refractivity contribution in [3.05, 3.63) is 83.4 Å². The van der Waals surface area contributed by atoms with Crippen molar-refractivity contribution in [1.82, 2.24) is 20.3 Å². The number of nitrogens with zero attached hydrogens (tertiary/aromatic N) is 3. The molecular weight excluding hydrogens is 566 g/mol. The second-order valence-electron chi connectivity index (χ2n) is 8.08. The van der Waals surface area contributed by atoms with Gasteiger partial charge in [0.15, 0.2) is 0 Å². The monoisotopic (exact) mass is 590 g/mol. The summed E-state index contributed by atoms with van der Waals surface area (Å²) in [7, 11) is -1.63. The number of hydrogen-bond acceptors (Lipinski definition) is 11. The van der Waals surface area contributed by atoms with Crippen molar-refractivity contribution in [2.24, 2.45) is 0 Å². The molecule has 0 unspecified atom stereocenters. The van der Waals surface area contributed by atoms with Gasteiger partial charge in [0.1, 0.15) is 10.1 Å². The normalized spacial score (nSPS) is 10.7. The Morgan fingerprint density at radius 3 is 2.05 bits per heavy atom. The summed E-state index contributed by atoms with van der Waals surface area (Å²) in [4.78, 5) is 24.2. The number of nitrogens with two attached hydrogens (primary N) is 1. The van der Waals surface area contributed by atoms with Gasteiger partial charge >= 0.3 is 59.1 Å². The van der Waals surface area contributed by atoms with Crippen LogP contribution < -0.4 is 86.1 Å². The number of carbonyl (C=O) groups is 1. The third-order valence-corrected chi connectivity index (χ3v) is 6.22. The molecule has 0 atom stereocenters. The first-order chi connectivity index (χ1) is 18.6. The van der Waals surface area contributed by atoms with Crippen molar-refractivity contribution in [2.45, 2.75) is 4.90 Å². The minimum atomic E-state index is -4.81. The van der Waals surface area contributed by atoms with Crippen molar-refractivity contribution in [3.63, 3.8) is 0 Å². The molecule has 4 aromatic rings. The molecule has 12 nitrogen and oxygen atoms in total. The van der Waals surface area contributed by atoms with E-state index in [2.05, 4.69) is 42.3 Å². The van der Waals surface area contributed by atoms with Gasteiger partial charge in [-0.1, -0.05) is 17.8 Å². The van der Waals surface area contributed by atoms with Crippen LogP contribution in [0.5, 0.6) is 0 Å². The van der Waals surface area contributed by atoms with Gasteiger partial charge in [0.05, 0.1) is 4.90 Å². The zero-order valence-electron chi connectivity index (χ0n) is 22.9. The molecular formula is C26H24N8Na2O4S. The van der Waals surface area contributed by atoms with Gasteiger partial charge in [0, 0.05) is 31.0 Å². The summed E-state index contributed by atoms with van der Waals surface area (Å²) in [6.07, 6.45) is 3.14. The molecule has 0 aliphatic rings. The number of benzene rings is 3. The Bertz CT molecular complexity index is 1630. The predicted molar refractivity (Wildman–Crippen MR) is 149 cm³/mol. The summed E-state index contributed by atoms with van der Waals surface area (Å²) < 4.78 is 36.1. The average Bonchev–Trinajstić information content (AvgIpc) is 2.92. The first kappa shape index (κ1) is 34.2. The molecule has 0 spiro atoms. The molecule has 0 aliphatic heterocycles. The summed E-state index contributed by atoms with van der Waals surface area (Å²) in [6.45, 7) is 0. The van der Waals surface area contributed by atoms with Crippen LogP contribution in [0.4, 0.5) is 34.9 Å². The smallest absolute Gasteiger partial charge is 0.744 e. The van der Waals surface area contributed by atoms with Crippen molar-refractivity contribution in [3.8, 4) is 0 Å². The van der Waals surface area contributed by atoms with E-state index in [1.807, 2.05) is 0 Å². The van der Waals surface area contributed by atoms with Gasteiger partial charge in [-0.05, 0) is 42.0 Å². The molecule has 1 aromatic heterocycles. The molecule has 0 radical (unpaired) electrons. The first-order valence-corrected chi connectivity index (χ1v) is 12.9. The van der Waals surface area contributed by atoms with E-state index in [0.717, 1.165) is 0 Å². The van der Waals surface area contributed by atoms with Crippen LogP contribution in [0, 0.1) is 6.07 Å². The van der Waals surface area contributed by atoms with Crippen LogP contribution in [0.25, 0.3) is 12.2 Å². The quantitative estimate of drug-likeness (QED) is 0.0446. The fraction of sp³-hybridized carbons (Fsp3) is 0.0769. The molecule has 0 aliphatic carbocycles. The summed E-state index contributed by atoms with van der Waals surface area (Å²) in [5.74, 6) is 0.288. The summed E-state index contributed by atoms with van der Waals surface area (Å²) >= 11 is 0. The van der Waals surface area contributed by atoms with Gasteiger partial charge in [0.25, 0.3) is 5.91 Å². The van der Waals surface area contributed by atoms with Crippen LogP contribution >= 0.6 is 0 Å². The van der Waals surface area contributed by atoms with Gasteiger partial charge in [-0.15, -0.1) is 30.3 Å². The molecule has 0 saturated heterocycles. The van der Waals surface area contributed by atoms with Gasteiger partial charge < -0.3 is 31.6 Å². The molecule has 1 heterocycles. The van der Waals surface area contributed by atoms with E-state index >= 15 is 0 Å². The fourth-order valence-electron chi connectivity index (χ4n) is 3.41. The van der Waals surface area contributed by atoms with Crippen LogP contribution in [0.3, 0.4) is 0 Å². The number of nitrogen functional groups attached to an aromatic ring is 1. The maximum atomic E-state index is 12.0. The zero-order valence-corrected chi connectivity index (χ0v) is 27.7. The molecule has 200 valence electrons. The van der Waals surface area contributed by atoms with Crippen LogP contribution in [0.15, 0.2) is 65.6 Å². The number of amides is 1.